The molecule has 0 saturated heterocycles. The molecule has 0 aromatic heterocycles. The van der Waals surface area contributed by atoms with E-state index in [9.17, 15) is 9.59 Å². The molecule has 0 heterocycles. The predicted octanol–water partition coefficient (Wildman–Crippen LogP) is 1.37. The molecule has 0 aliphatic heterocycles. The molecule has 5 nitrogen and oxygen atoms in total. The Labute approximate surface area is 95.5 Å². The lowest BCUT2D eigenvalue weighted by atomic mass is 10.2. The minimum atomic E-state index is -0.741. The van der Waals surface area contributed by atoms with Gasteiger partial charge in [-0.1, -0.05) is 13.0 Å². The van der Waals surface area contributed by atoms with Crippen LogP contribution in [-0.2, 0) is 9.53 Å². The van der Waals surface area contributed by atoms with Gasteiger partial charge in [-0.2, -0.15) is 0 Å². The van der Waals surface area contributed by atoms with E-state index in [-0.39, 0.29) is 18.8 Å². The van der Waals surface area contributed by atoms with E-state index in [1.807, 2.05) is 5.32 Å². The van der Waals surface area contributed by atoms with Crippen molar-refractivity contribution in [1.82, 2.24) is 5.32 Å². The summed E-state index contributed by atoms with van der Waals surface area (Å²) < 4.78 is 4.77. The van der Waals surface area contributed by atoms with Gasteiger partial charge in [0.25, 0.3) is 5.91 Å². The van der Waals surface area contributed by atoms with Gasteiger partial charge in [-0.05, 0) is 26.2 Å². The highest BCUT2D eigenvalue weighted by atomic mass is 16.5. The Balaban J connectivity index is 3.44. The van der Waals surface area contributed by atoms with Crippen LogP contribution in [0.15, 0.2) is 12.2 Å². The Bertz CT molecular complexity index is 250. The summed E-state index contributed by atoms with van der Waals surface area (Å²) in [6.45, 7) is 5.37. The number of imide groups is 1. The van der Waals surface area contributed by atoms with Crippen LogP contribution in [0.2, 0.25) is 0 Å². The highest BCUT2D eigenvalue weighted by Crippen LogP contribution is 1.99. The molecule has 0 unspecified atom stereocenters. The highest BCUT2D eigenvalue weighted by molar-refractivity contribution is 6.01. The molecule has 2 N–H and O–H groups in total. The molecule has 0 radical (unpaired) electrons. The van der Waals surface area contributed by atoms with Gasteiger partial charge in [0.1, 0.15) is 0 Å². The van der Waals surface area contributed by atoms with E-state index >= 15 is 0 Å². The third-order valence-electron chi connectivity index (χ3n) is 1.89. The zero-order chi connectivity index (χ0) is 12.4. The van der Waals surface area contributed by atoms with Gasteiger partial charge in [0.05, 0.1) is 6.61 Å². The van der Waals surface area contributed by atoms with Crippen molar-refractivity contribution in [2.75, 3.05) is 13.2 Å². The lowest BCUT2D eigenvalue weighted by molar-refractivity contribution is -0.116. The molecule has 0 aromatic carbocycles. The third kappa shape index (κ3) is 7.99. The Morgan fingerprint density at radius 1 is 1.25 bits per heavy atom. The number of alkyl carbamates (subject to hydrolysis) is 1. The van der Waals surface area contributed by atoms with Crippen LogP contribution in [0.3, 0.4) is 0 Å². The lowest BCUT2D eigenvalue weighted by Crippen LogP contribution is -2.31. The standard InChI is InChI=1S/C11H19NO4/c1-9(2)10(14)12-11(15)16-8-6-4-3-5-7-13/h13H,1,3-8H2,2H3,(H,12,14,15). The van der Waals surface area contributed by atoms with Gasteiger partial charge in [0.15, 0.2) is 0 Å². The average Bonchev–Trinajstić information content (AvgIpc) is 2.23. The summed E-state index contributed by atoms with van der Waals surface area (Å²) in [6.07, 6.45) is 2.55. The minimum absolute atomic E-state index is 0.189. The number of unbranched alkanes of at least 4 members (excludes halogenated alkanes) is 3. The number of rotatable bonds is 7. The van der Waals surface area contributed by atoms with E-state index in [1.165, 1.54) is 6.92 Å². The van der Waals surface area contributed by atoms with Gasteiger partial charge in [0.2, 0.25) is 0 Å². The van der Waals surface area contributed by atoms with E-state index in [1.54, 1.807) is 0 Å². The largest absolute Gasteiger partial charge is 0.449 e. The maximum atomic E-state index is 11.0. The van der Waals surface area contributed by atoms with Crippen LogP contribution in [0.4, 0.5) is 4.79 Å². The summed E-state index contributed by atoms with van der Waals surface area (Å²) >= 11 is 0. The molecule has 0 saturated carbocycles. The first-order chi connectivity index (χ1) is 7.57. The zero-order valence-electron chi connectivity index (χ0n) is 9.62. The third-order valence-corrected chi connectivity index (χ3v) is 1.89. The Morgan fingerprint density at radius 3 is 2.44 bits per heavy atom. The topological polar surface area (TPSA) is 75.6 Å². The van der Waals surface area contributed by atoms with Crippen molar-refractivity contribution in [1.29, 1.82) is 0 Å². The van der Waals surface area contributed by atoms with Crippen LogP contribution in [0, 0.1) is 0 Å². The van der Waals surface area contributed by atoms with Crippen molar-refractivity contribution in [2.24, 2.45) is 0 Å². The van der Waals surface area contributed by atoms with E-state index < -0.39 is 12.0 Å². The summed E-state index contributed by atoms with van der Waals surface area (Å²) in [6, 6.07) is 0. The van der Waals surface area contributed by atoms with E-state index in [0.717, 1.165) is 25.7 Å². The molecule has 0 aliphatic rings. The number of carbonyl (C=O) groups is 2. The van der Waals surface area contributed by atoms with Gasteiger partial charge < -0.3 is 9.84 Å². The van der Waals surface area contributed by atoms with Gasteiger partial charge in [-0.25, -0.2) is 4.79 Å². The number of ether oxygens (including phenoxy) is 1. The molecule has 0 rings (SSSR count). The molecule has 0 spiro atoms. The normalized spacial score (nSPS) is 9.62. The predicted molar refractivity (Wildman–Crippen MR) is 59.9 cm³/mol. The van der Waals surface area contributed by atoms with Crippen LogP contribution in [-0.4, -0.2) is 30.3 Å². The number of nitrogens with one attached hydrogen (secondary N) is 1. The number of hydrogen-bond acceptors (Lipinski definition) is 4. The summed E-state index contributed by atoms with van der Waals surface area (Å²) in [5, 5.41) is 10.6. The summed E-state index contributed by atoms with van der Waals surface area (Å²) in [7, 11) is 0. The van der Waals surface area contributed by atoms with Gasteiger partial charge in [-0.3, -0.25) is 10.1 Å². The van der Waals surface area contributed by atoms with Crippen LogP contribution in [0.5, 0.6) is 0 Å². The zero-order valence-corrected chi connectivity index (χ0v) is 9.62. The molecular formula is C11H19NO4. The fourth-order valence-corrected chi connectivity index (χ4v) is 0.968. The number of aliphatic hydroxyl groups excluding tert-OH is 1. The highest BCUT2D eigenvalue weighted by Gasteiger charge is 2.08. The molecule has 0 fully saturated rings. The number of aliphatic hydroxyl groups is 1. The number of amides is 2. The first-order valence-electron chi connectivity index (χ1n) is 5.32. The SMILES string of the molecule is C=C(C)C(=O)NC(=O)OCCCCCCO. The van der Waals surface area contributed by atoms with Crippen LogP contribution in [0.1, 0.15) is 32.6 Å². The molecule has 0 atom stereocenters. The molecule has 16 heavy (non-hydrogen) atoms. The first-order valence-corrected chi connectivity index (χ1v) is 5.32. The summed E-state index contributed by atoms with van der Waals surface area (Å²) in [5.74, 6) is -0.523. The van der Waals surface area contributed by atoms with E-state index in [2.05, 4.69) is 6.58 Å². The first kappa shape index (κ1) is 14.6. The second-order valence-electron chi connectivity index (χ2n) is 3.51. The average molecular weight is 229 g/mol. The van der Waals surface area contributed by atoms with Crippen LogP contribution >= 0.6 is 0 Å². The maximum Gasteiger partial charge on any atom is 0.414 e. The fourth-order valence-electron chi connectivity index (χ4n) is 0.968. The van der Waals surface area contributed by atoms with Crippen molar-refractivity contribution in [3.05, 3.63) is 12.2 Å². The van der Waals surface area contributed by atoms with Crippen molar-refractivity contribution in [2.45, 2.75) is 32.6 Å². The number of hydrogen-bond donors (Lipinski definition) is 2. The molecule has 0 aromatic rings. The Kier molecular flexibility index (Phi) is 8.15. The second-order valence-corrected chi connectivity index (χ2v) is 3.51. The monoisotopic (exact) mass is 229 g/mol. The molecule has 2 amide bonds. The molecule has 92 valence electrons. The van der Waals surface area contributed by atoms with Crippen LogP contribution < -0.4 is 5.32 Å². The van der Waals surface area contributed by atoms with Crippen molar-refractivity contribution in [3.63, 3.8) is 0 Å². The minimum Gasteiger partial charge on any atom is -0.449 e. The van der Waals surface area contributed by atoms with E-state index in [4.69, 9.17) is 9.84 Å². The smallest absolute Gasteiger partial charge is 0.414 e. The Hall–Kier alpha value is -1.36. The van der Waals surface area contributed by atoms with Gasteiger partial charge >= 0.3 is 6.09 Å². The van der Waals surface area contributed by atoms with Gasteiger partial charge in [0, 0.05) is 12.2 Å². The molecular weight excluding hydrogens is 210 g/mol. The second kappa shape index (κ2) is 8.91. The van der Waals surface area contributed by atoms with Crippen molar-refractivity contribution in [3.8, 4) is 0 Å². The maximum absolute atomic E-state index is 11.0. The molecule has 0 aliphatic carbocycles. The summed E-state index contributed by atoms with van der Waals surface area (Å²) in [5.41, 5.74) is 0.264. The quantitative estimate of drug-likeness (QED) is 0.510. The van der Waals surface area contributed by atoms with Crippen molar-refractivity contribution < 1.29 is 19.4 Å². The van der Waals surface area contributed by atoms with Crippen molar-refractivity contribution >= 4 is 12.0 Å². The number of carbonyl (C=O) groups excluding carboxylic acids is 2. The fraction of sp³-hybridized carbons (Fsp3) is 0.636. The lowest BCUT2D eigenvalue weighted by Gasteiger charge is -2.05. The molecule has 0 bridgehead atoms. The molecule has 5 heteroatoms. The Morgan fingerprint density at radius 2 is 1.88 bits per heavy atom. The van der Waals surface area contributed by atoms with Crippen LogP contribution in [0.25, 0.3) is 0 Å². The van der Waals surface area contributed by atoms with E-state index in [0.29, 0.717) is 0 Å². The summed E-state index contributed by atoms with van der Waals surface area (Å²) in [4.78, 5) is 22.0. The van der Waals surface area contributed by atoms with Gasteiger partial charge in [-0.15, -0.1) is 0 Å².